The number of hydrogen-bond acceptors (Lipinski definition) is 3. The summed E-state index contributed by atoms with van der Waals surface area (Å²) in [7, 11) is 0. The van der Waals surface area contributed by atoms with Gasteiger partial charge in [0.05, 0.1) is 11.1 Å². The van der Waals surface area contributed by atoms with Crippen molar-refractivity contribution in [1.82, 2.24) is 10.3 Å². The van der Waals surface area contributed by atoms with Gasteiger partial charge in [0.15, 0.2) is 0 Å². The van der Waals surface area contributed by atoms with Crippen LogP contribution in [0.1, 0.15) is 23.7 Å². The second kappa shape index (κ2) is 6.17. The average Bonchev–Trinajstić information content (AvgIpc) is 2.45. The summed E-state index contributed by atoms with van der Waals surface area (Å²) >= 11 is 0. The van der Waals surface area contributed by atoms with Crippen LogP contribution in [0.25, 0.3) is 10.9 Å². The second-order valence-corrected chi connectivity index (χ2v) is 4.91. The highest BCUT2D eigenvalue weighted by molar-refractivity contribution is 6.06. The number of nitrogens with one attached hydrogen (secondary N) is 1. The highest BCUT2D eigenvalue weighted by atomic mass is 16.4. The Morgan fingerprint density at radius 1 is 1.33 bits per heavy atom. The number of carbonyl (C=O) groups excluding carboxylic acids is 1. The lowest BCUT2D eigenvalue weighted by molar-refractivity contribution is -0.139. The van der Waals surface area contributed by atoms with Crippen LogP contribution in [-0.4, -0.2) is 28.0 Å². The Kier molecular flexibility index (Phi) is 4.33. The molecule has 0 saturated heterocycles. The molecule has 1 atom stereocenters. The number of fused-ring (bicyclic) bond motifs is 1. The van der Waals surface area contributed by atoms with Crippen LogP contribution in [0.15, 0.2) is 48.7 Å². The molecule has 0 radical (unpaired) electrons. The summed E-state index contributed by atoms with van der Waals surface area (Å²) in [5, 5.41) is 12.5. The van der Waals surface area contributed by atoms with Gasteiger partial charge in [-0.15, -0.1) is 6.58 Å². The number of carbonyl (C=O) groups is 2. The third-order valence-corrected chi connectivity index (χ3v) is 3.03. The summed E-state index contributed by atoms with van der Waals surface area (Å²) in [6.45, 7) is 5.40. The number of carboxylic acids is 1. The Morgan fingerprint density at radius 3 is 2.71 bits per heavy atom. The maximum Gasteiger partial charge on any atom is 0.326 e. The highest BCUT2D eigenvalue weighted by Crippen LogP contribution is 2.16. The van der Waals surface area contributed by atoms with Gasteiger partial charge >= 0.3 is 5.97 Å². The van der Waals surface area contributed by atoms with Gasteiger partial charge in [-0.25, -0.2) is 4.79 Å². The van der Waals surface area contributed by atoms with Crippen LogP contribution in [0.4, 0.5) is 0 Å². The van der Waals surface area contributed by atoms with E-state index in [0.717, 1.165) is 5.39 Å². The maximum absolute atomic E-state index is 12.3. The van der Waals surface area contributed by atoms with E-state index in [0.29, 0.717) is 16.7 Å². The zero-order valence-electron chi connectivity index (χ0n) is 11.7. The smallest absolute Gasteiger partial charge is 0.326 e. The molecule has 0 aliphatic heterocycles. The fourth-order valence-electron chi connectivity index (χ4n) is 2.07. The quantitative estimate of drug-likeness (QED) is 0.826. The van der Waals surface area contributed by atoms with E-state index in [-0.39, 0.29) is 6.42 Å². The molecule has 1 aromatic heterocycles. The van der Waals surface area contributed by atoms with E-state index >= 15 is 0 Å². The Hall–Kier alpha value is -2.69. The van der Waals surface area contributed by atoms with Crippen molar-refractivity contribution in [2.45, 2.75) is 19.4 Å². The summed E-state index contributed by atoms with van der Waals surface area (Å²) in [5.41, 5.74) is 1.61. The molecular formula is C16H16N2O3. The number of benzene rings is 1. The first-order valence-corrected chi connectivity index (χ1v) is 6.51. The number of amides is 1. The average molecular weight is 284 g/mol. The van der Waals surface area contributed by atoms with Gasteiger partial charge in [0, 0.05) is 11.6 Å². The van der Waals surface area contributed by atoms with Crippen LogP contribution in [0.3, 0.4) is 0 Å². The minimum atomic E-state index is -1.08. The van der Waals surface area contributed by atoms with Crippen molar-refractivity contribution in [2.75, 3.05) is 0 Å². The number of rotatable bonds is 5. The van der Waals surface area contributed by atoms with Gasteiger partial charge in [0.1, 0.15) is 6.04 Å². The van der Waals surface area contributed by atoms with E-state index in [1.54, 1.807) is 31.3 Å². The van der Waals surface area contributed by atoms with E-state index < -0.39 is 17.9 Å². The molecule has 1 heterocycles. The fourth-order valence-corrected chi connectivity index (χ4v) is 2.07. The maximum atomic E-state index is 12.3. The van der Waals surface area contributed by atoms with Gasteiger partial charge in [-0.05, 0) is 25.5 Å². The van der Waals surface area contributed by atoms with E-state index in [2.05, 4.69) is 16.9 Å². The Balaban J connectivity index is 2.29. The zero-order valence-corrected chi connectivity index (χ0v) is 11.7. The first-order valence-electron chi connectivity index (χ1n) is 6.51. The van der Waals surface area contributed by atoms with E-state index in [1.807, 2.05) is 12.1 Å². The first-order chi connectivity index (χ1) is 9.99. The molecule has 0 fully saturated rings. The topological polar surface area (TPSA) is 79.3 Å². The van der Waals surface area contributed by atoms with Gasteiger partial charge in [-0.1, -0.05) is 23.8 Å². The lowest BCUT2D eigenvalue weighted by Gasteiger charge is -2.15. The predicted octanol–water partition coefficient (Wildman–Crippen LogP) is 2.38. The van der Waals surface area contributed by atoms with Crippen molar-refractivity contribution in [3.8, 4) is 0 Å². The fraction of sp³-hybridized carbons (Fsp3) is 0.188. The molecule has 0 aliphatic rings. The molecule has 1 amide bonds. The van der Waals surface area contributed by atoms with Crippen molar-refractivity contribution in [2.24, 2.45) is 0 Å². The molecule has 0 saturated carbocycles. The monoisotopic (exact) mass is 284 g/mol. The van der Waals surface area contributed by atoms with Crippen molar-refractivity contribution >= 4 is 22.8 Å². The number of carboxylic acid groups (broad SMARTS) is 1. The Morgan fingerprint density at radius 2 is 2.05 bits per heavy atom. The van der Waals surface area contributed by atoms with Crippen LogP contribution in [0.2, 0.25) is 0 Å². The standard InChI is InChI=1S/C16H16N2O3/c1-10(2)9-13(16(20)21)18-15(19)12-7-3-5-11-6-4-8-17-14(11)12/h3-8,13H,1,9H2,2H3,(H,18,19)(H,20,21)/t13-/m0/s1. The van der Waals surface area contributed by atoms with Crippen LogP contribution in [0, 0.1) is 0 Å². The summed E-state index contributed by atoms with van der Waals surface area (Å²) in [6, 6.07) is 7.86. The molecule has 2 N–H and O–H groups in total. The number of aliphatic carboxylic acids is 1. The third kappa shape index (κ3) is 3.45. The molecule has 21 heavy (non-hydrogen) atoms. The molecular weight excluding hydrogens is 268 g/mol. The predicted molar refractivity (Wildman–Crippen MR) is 80.1 cm³/mol. The van der Waals surface area contributed by atoms with Crippen LogP contribution in [0.5, 0.6) is 0 Å². The number of nitrogens with zero attached hydrogens (tertiary/aromatic N) is 1. The number of hydrogen-bond donors (Lipinski definition) is 2. The molecule has 5 nitrogen and oxygen atoms in total. The van der Waals surface area contributed by atoms with Gasteiger partial charge in [-0.3, -0.25) is 9.78 Å². The summed E-state index contributed by atoms with van der Waals surface area (Å²) in [4.78, 5) is 27.7. The lowest BCUT2D eigenvalue weighted by Crippen LogP contribution is -2.41. The molecule has 0 bridgehead atoms. The van der Waals surface area contributed by atoms with Crippen LogP contribution < -0.4 is 5.32 Å². The first kappa shape index (κ1) is 14.7. The molecule has 0 unspecified atom stereocenters. The molecule has 5 heteroatoms. The van der Waals surface area contributed by atoms with Crippen molar-refractivity contribution in [3.05, 3.63) is 54.2 Å². The normalized spacial score (nSPS) is 11.9. The summed E-state index contributed by atoms with van der Waals surface area (Å²) < 4.78 is 0. The number of pyridine rings is 1. The van der Waals surface area contributed by atoms with Gasteiger partial charge in [-0.2, -0.15) is 0 Å². The van der Waals surface area contributed by atoms with Gasteiger partial charge in [0.25, 0.3) is 5.91 Å². The van der Waals surface area contributed by atoms with E-state index in [4.69, 9.17) is 5.11 Å². The SMILES string of the molecule is C=C(C)C[C@H](NC(=O)c1cccc2cccnc12)C(=O)O. The summed E-state index contributed by atoms with van der Waals surface area (Å²) in [6.07, 6.45) is 1.79. The highest BCUT2D eigenvalue weighted by Gasteiger charge is 2.21. The minimum absolute atomic E-state index is 0.194. The summed E-state index contributed by atoms with van der Waals surface area (Å²) in [5.74, 6) is -1.53. The number of para-hydroxylation sites is 1. The van der Waals surface area contributed by atoms with Crippen LogP contribution in [-0.2, 0) is 4.79 Å². The van der Waals surface area contributed by atoms with Gasteiger partial charge < -0.3 is 10.4 Å². The molecule has 2 rings (SSSR count). The van der Waals surface area contributed by atoms with Crippen molar-refractivity contribution in [1.29, 1.82) is 0 Å². The Labute approximate surface area is 122 Å². The van der Waals surface area contributed by atoms with Crippen molar-refractivity contribution < 1.29 is 14.7 Å². The van der Waals surface area contributed by atoms with Gasteiger partial charge in [0.2, 0.25) is 0 Å². The molecule has 0 aliphatic carbocycles. The lowest BCUT2D eigenvalue weighted by atomic mass is 10.1. The number of aromatic nitrogens is 1. The molecule has 108 valence electrons. The Bertz CT molecular complexity index is 704. The second-order valence-electron chi connectivity index (χ2n) is 4.91. The van der Waals surface area contributed by atoms with Crippen molar-refractivity contribution in [3.63, 3.8) is 0 Å². The molecule has 1 aromatic carbocycles. The third-order valence-electron chi connectivity index (χ3n) is 3.03. The van der Waals surface area contributed by atoms with E-state index in [1.165, 1.54) is 0 Å². The minimum Gasteiger partial charge on any atom is -0.480 e. The molecule has 2 aromatic rings. The van der Waals surface area contributed by atoms with Crippen LogP contribution >= 0.6 is 0 Å². The largest absolute Gasteiger partial charge is 0.480 e. The van der Waals surface area contributed by atoms with E-state index in [9.17, 15) is 9.59 Å². The molecule has 0 spiro atoms. The zero-order chi connectivity index (χ0) is 15.4.